The molecule has 100 valence electrons. The fourth-order valence-electron chi connectivity index (χ4n) is 2.25. The topological polar surface area (TPSA) is 28.2 Å². The molecule has 0 amide bonds. The van der Waals surface area contributed by atoms with Gasteiger partial charge >= 0.3 is 0 Å². The van der Waals surface area contributed by atoms with E-state index >= 15 is 0 Å². The first-order chi connectivity index (χ1) is 8.77. The number of pyridine rings is 1. The Hall–Kier alpha value is -0.580. The maximum absolute atomic E-state index is 4.31. The van der Waals surface area contributed by atoms with Crippen molar-refractivity contribution in [3.05, 3.63) is 30.1 Å². The number of hydrogen-bond acceptors (Lipinski definition) is 4. The van der Waals surface area contributed by atoms with Crippen molar-refractivity contribution in [2.75, 3.05) is 25.4 Å². The molecule has 0 aromatic carbocycles. The van der Waals surface area contributed by atoms with Gasteiger partial charge in [0.2, 0.25) is 0 Å². The zero-order chi connectivity index (χ0) is 12.8. The number of hydrogen-bond donors (Lipinski definition) is 1. The van der Waals surface area contributed by atoms with Crippen molar-refractivity contribution in [2.24, 2.45) is 0 Å². The molecule has 1 N–H and O–H groups in total. The lowest BCUT2D eigenvalue weighted by Crippen LogP contribution is -2.47. The van der Waals surface area contributed by atoms with Gasteiger partial charge in [0.1, 0.15) is 0 Å². The van der Waals surface area contributed by atoms with Crippen LogP contribution in [0, 0.1) is 0 Å². The minimum absolute atomic E-state index is 0.695. The van der Waals surface area contributed by atoms with Crippen molar-refractivity contribution in [2.45, 2.75) is 31.7 Å². The quantitative estimate of drug-likeness (QED) is 0.824. The summed E-state index contributed by atoms with van der Waals surface area (Å²) in [6, 6.07) is 6.75. The molecule has 1 aromatic heterocycles. The van der Waals surface area contributed by atoms with Crippen molar-refractivity contribution < 1.29 is 0 Å². The standard InChI is InChI=1S/C14H23N3S/c1-12-13(2)18-10-9-17(12)8-7-15-11-14-5-3-4-6-16-14/h3-6,12-13,15H,7-11H2,1-2H3. The van der Waals surface area contributed by atoms with Crippen molar-refractivity contribution in [3.63, 3.8) is 0 Å². The van der Waals surface area contributed by atoms with Gasteiger partial charge in [-0.2, -0.15) is 11.8 Å². The summed E-state index contributed by atoms with van der Waals surface area (Å²) in [7, 11) is 0. The third-order valence-corrected chi connectivity index (χ3v) is 4.96. The van der Waals surface area contributed by atoms with Crippen LogP contribution in [-0.4, -0.2) is 46.6 Å². The number of aromatic nitrogens is 1. The first-order valence-corrected chi connectivity index (χ1v) is 7.78. The van der Waals surface area contributed by atoms with Gasteiger partial charge in [-0.15, -0.1) is 0 Å². The van der Waals surface area contributed by atoms with E-state index in [2.05, 4.69) is 46.9 Å². The summed E-state index contributed by atoms with van der Waals surface area (Å²) >= 11 is 2.09. The highest BCUT2D eigenvalue weighted by atomic mass is 32.2. The minimum Gasteiger partial charge on any atom is -0.310 e. The van der Waals surface area contributed by atoms with Crippen LogP contribution in [0.5, 0.6) is 0 Å². The Morgan fingerprint density at radius 3 is 3.11 bits per heavy atom. The van der Waals surface area contributed by atoms with Crippen molar-refractivity contribution in [3.8, 4) is 0 Å². The van der Waals surface area contributed by atoms with Gasteiger partial charge in [-0.1, -0.05) is 13.0 Å². The molecule has 18 heavy (non-hydrogen) atoms. The Morgan fingerprint density at radius 1 is 1.44 bits per heavy atom. The van der Waals surface area contributed by atoms with Crippen molar-refractivity contribution in [1.82, 2.24) is 15.2 Å². The van der Waals surface area contributed by atoms with Gasteiger partial charge < -0.3 is 5.32 Å². The van der Waals surface area contributed by atoms with E-state index in [0.717, 1.165) is 30.6 Å². The van der Waals surface area contributed by atoms with E-state index < -0.39 is 0 Å². The van der Waals surface area contributed by atoms with Gasteiger partial charge in [-0.3, -0.25) is 9.88 Å². The molecule has 2 heterocycles. The molecule has 0 saturated carbocycles. The second kappa shape index (κ2) is 7.12. The largest absolute Gasteiger partial charge is 0.310 e. The number of nitrogens with zero attached hydrogens (tertiary/aromatic N) is 2. The Labute approximate surface area is 114 Å². The Morgan fingerprint density at radius 2 is 2.33 bits per heavy atom. The summed E-state index contributed by atoms with van der Waals surface area (Å²) in [6.07, 6.45) is 1.85. The van der Waals surface area contributed by atoms with Crippen LogP contribution < -0.4 is 5.32 Å². The third-order valence-electron chi connectivity index (χ3n) is 3.62. The molecular formula is C14H23N3S. The lowest BCUT2D eigenvalue weighted by atomic mass is 10.2. The maximum atomic E-state index is 4.31. The predicted molar refractivity (Wildman–Crippen MR) is 78.9 cm³/mol. The van der Waals surface area contributed by atoms with E-state index in [0.29, 0.717) is 6.04 Å². The third kappa shape index (κ3) is 3.97. The molecule has 2 unspecified atom stereocenters. The lowest BCUT2D eigenvalue weighted by molar-refractivity contribution is 0.213. The smallest absolute Gasteiger partial charge is 0.0541 e. The number of nitrogens with one attached hydrogen (secondary N) is 1. The summed E-state index contributed by atoms with van der Waals surface area (Å²) in [5, 5.41) is 4.23. The molecular weight excluding hydrogens is 242 g/mol. The van der Waals surface area contributed by atoms with Gasteiger partial charge in [0.05, 0.1) is 5.69 Å². The highest BCUT2D eigenvalue weighted by molar-refractivity contribution is 8.00. The molecule has 1 aliphatic heterocycles. The summed E-state index contributed by atoms with van der Waals surface area (Å²) in [5.41, 5.74) is 1.12. The lowest BCUT2D eigenvalue weighted by Gasteiger charge is -2.37. The Bertz CT molecular complexity index is 344. The fraction of sp³-hybridized carbons (Fsp3) is 0.643. The Balaban J connectivity index is 1.66. The first-order valence-electron chi connectivity index (χ1n) is 6.73. The summed E-state index contributed by atoms with van der Waals surface area (Å²) in [5.74, 6) is 1.27. The average molecular weight is 265 g/mol. The molecule has 1 fully saturated rings. The highest BCUT2D eigenvalue weighted by Crippen LogP contribution is 2.23. The van der Waals surface area contributed by atoms with E-state index in [-0.39, 0.29) is 0 Å². The van der Waals surface area contributed by atoms with Crippen LogP contribution in [0.4, 0.5) is 0 Å². The SMILES string of the molecule is CC1SCCN(CCNCc2ccccn2)C1C. The van der Waals surface area contributed by atoms with Gasteiger partial charge in [0, 0.05) is 49.4 Å². The second-order valence-corrected chi connectivity index (χ2v) is 6.34. The fourth-order valence-corrected chi connectivity index (χ4v) is 3.42. The van der Waals surface area contributed by atoms with Crippen molar-refractivity contribution >= 4 is 11.8 Å². The molecule has 2 atom stereocenters. The molecule has 1 aliphatic rings. The highest BCUT2D eigenvalue weighted by Gasteiger charge is 2.24. The molecule has 0 radical (unpaired) electrons. The molecule has 0 bridgehead atoms. The van der Waals surface area contributed by atoms with E-state index in [4.69, 9.17) is 0 Å². The van der Waals surface area contributed by atoms with Gasteiger partial charge in [-0.25, -0.2) is 0 Å². The van der Waals surface area contributed by atoms with E-state index in [9.17, 15) is 0 Å². The van der Waals surface area contributed by atoms with Crippen LogP contribution >= 0.6 is 11.8 Å². The van der Waals surface area contributed by atoms with Crippen LogP contribution in [0.1, 0.15) is 19.5 Å². The summed E-state index contributed by atoms with van der Waals surface area (Å²) in [6.45, 7) is 8.95. The van der Waals surface area contributed by atoms with Crippen molar-refractivity contribution in [1.29, 1.82) is 0 Å². The van der Waals surface area contributed by atoms with Gasteiger partial charge in [-0.05, 0) is 19.1 Å². The van der Waals surface area contributed by atoms with E-state index in [1.54, 1.807) is 0 Å². The van der Waals surface area contributed by atoms with Gasteiger partial charge in [0.15, 0.2) is 0 Å². The number of thioether (sulfide) groups is 1. The van der Waals surface area contributed by atoms with Gasteiger partial charge in [0.25, 0.3) is 0 Å². The molecule has 3 nitrogen and oxygen atoms in total. The molecule has 0 spiro atoms. The summed E-state index contributed by atoms with van der Waals surface area (Å²) < 4.78 is 0. The van der Waals surface area contributed by atoms with E-state index in [1.807, 2.05) is 18.3 Å². The first kappa shape index (κ1) is 13.8. The predicted octanol–water partition coefficient (Wildman–Crippen LogP) is 2.00. The van der Waals surface area contributed by atoms with Crippen LogP contribution in [0.2, 0.25) is 0 Å². The molecule has 1 aromatic rings. The molecule has 4 heteroatoms. The van der Waals surface area contributed by atoms with E-state index in [1.165, 1.54) is 12.3 Å². The normalized spacial score (nSPS) is 25.2. The maximum Gasteiger partial charge on any atom is 0.0541 e. The monoisotopic (exact) mass is 265 g/mol. The zero-order valence-corrected chi connectivity index (χ0v) is 12.1. The van der Waals surface area contributed by atoms with Crippen LogP contribution in [0.25, 0.3) is 0 Å². The number of rotatable bonds is 5. The molecule has 0 aliphatic carbocycles. The van der Waals surface area contributed by atoms with Crippen LogP contribution in [0.15, 0.2) is 24.4 Å². The zero-order valence-electron chi connectivity index (χ0n) is 11.3. The van der Waals surface area contributed by atoms with Crippen LogP contribution in [-0.2, 0) is 6.54 Å². The second-order valence-electron chi connectivity index (χ2n) is 4.85. The Kier molecular flexibility index (Phi) is 5.47. The van der Waals surface area contributed by atoms with Crippen LogP contribution in [0.3, 0.4) is 0 Å². The minimum atomic E-state index is 0.695. The average Bonchev–Trinajstić information content (AvgIpc) is 2.40. The molecule has 2 rings (SSSR count). The molecule has 1 saturated heterocycles. The summed E-state index contributed by atoms with van der Waals surface area (Å²) in [4.78, 5) is 6.90.